The van der Waals surface area contributed by atoms with Crippen LogP contribution in [0.3, 0.4) is 0 Å². The average Bonchev–Trinajstić information content (AvgIpc) is 3.71. The van der Waals surface area contributed by atoms with Crippen molar-refractivity contribution in [1.29, 1.82) is 0 Å². The standard InChI is InChI=1S/C33H34N6O6.H2/c1-3-42-32-34-28-15-9-14-27(31(40)43-21(2)44-33(41)45-24-10-5-4-6-11-24)29(28)39(32)20-22-16-18-23(19-17-22)25-12-7-8-13-26(25)30-35-37-38-36-30;/h7-9,12-19,21,24H,3-6,10-11,20H2,1-2H3,(H,35,36,37,38);1H. The Kier molecular flexibility index (Phi) is 8.99. The summed E-state index contributed by atoms with van der Waals surface area (Å²) in [6, 6.07) is 21.5. The van der Waals surface area contributed by atoms with Gasteiger partial charge in [-0.2, -0.15) is 10.2 Å². The van der Waals surface area contributed by atoms with Crippen LogP contribution in [0.5, 0.6) is 6.01 Å². The van der Waals surface area contributed by atoms with Gasteiger partial charge in [-0.1, -0.05) is 61.0 Å². The smallest absolute Gasteiger partial charge is 0.465 e. The van der Waals surface area contributed by atoms with E-state index >= 15 is 0 Å². The number of nitrogens with one attached hydrogen (secondary N) is 1. The number of hydrogen-bond donors (Lipinski definition) is 1. The van der Waals surface area contributed by atoms with Crippen molar-refractivity contribution in [2.75, 3.05) is 6.61 Å². The van der Waals surface area contributed by atoms with E-state index in [-0.39, 0.29) is 13.1 Å². The molecule has 5 aromatic rings. The predicted molar refractivity (Wildman–Crippen MR) is 166 cm³/mol. The molecule has 1 fully saturated rings. The van der Waals surface area contributed by atoms with Gasteiger partial charge in [-0.3, -0.25) is 4.57 Å². The number of hydrogen-bond acceptors (Lipinski definition) is 10. The molecular formula is C33H36N6O6. The molecule has 0 saturated heterocycles. The van der Waals surface area contributed by atoms with Crippen LogP contribution in [-0.4, -0.2) is 61.3 Å². The number of tetrazole rings is 1. The van der Waals surface area contributed by atoms with E-state index in [1.807, 2.05) is 66.1 Å². The molecule has 12 heteroatoms. The summed E-state index contributed by atoms with van der Waals surface area (Å²) in [5.74, 6) is -0.141. The van der Waals surface area contributed by atoms with Crippen LogP contribution in [-0.2, 0) is 20.8 Å². The fourth-order valence-electron chi connectivity index (χ4n) is 5.61. The van der Waals surface area contributed by atoms with E-state index < -0.39 is 18.4 Å². The third-order valence-electron chi connectivity index (χ3n) is 7.69. The zero-order valence-corrected chi connectivity index (χ0v) is 25.1. The number of esters is 1. The van der Waals surface area contributed by atoms with E-state index in [4.69, 9.17) is 18.9 Å². The molecule has 6 rings (SSSR count). The van der Waals surface area contributed by atoms with Crippen molar-refractivity contribution >= 4 is 23.2 Å². The molecule has 1 N–H and O–H groups in total. The van der Waals surface area contributed by atoms with Gasteiger partial charge in [-0.25, -0.2) is 9.59 Å². The van der Waals surface area contributed by atoms with Crippen molar-refractivity contribution in [3.05, 3.63) is 77.9 Å². The van der Waals surface area contributed by atoms with Crippen LogP contribution in [0.25, 0.3) is 33.5 Å². The van der Waals surface area contributed by atoms with E-state index in [0.717, 1.165) is 54.4 Å². The molecule has 1 aliphatic carbocycles. The first-order valence-electron chi connectivity index (χ1n) is 15.1. The molecule has 45 heavy (non-hydrogen) atoms. The molecule has 1 atom stereocenters. The van der Waals surface area contributed by atoms with Crippen LogP contribution in [0.15, 0.2) is 66.7 Å². The minimum atomic E-state index is -1.14. The van der Waals surface area contributed by atoms with Gasteiger partial charge < -0.3 is 18.9 Å². The van der Waals surface area contributed by atoms with Gasteiger partial charge in [0.1, 0.15) is 6.10 Å². The molecule has 234 valence electrons. The Hall–Kier alpha value is -5.26. The molecule has 0 radical (unpaired) electrons. The molecule has 0 aliphatic heterocycles. The Labute approximate surface area is 261 Å². The quantitative estimate of drug-likeness (QED) is 0.136. The lowest BCUT2D eigenvalue weighted by Gasteiger charge is -2.22. The normalized spacial score (nSPS) is 14.2. The summed E-state index contributed by atoms with van der Waals surface area (Å²) in [5.41, 5.74) is 5.17. The highest BCUT2D eigenvalue weighted by Crippen LogP contribution is 2.31. The van der Waals surface area contributed by atoms with Crippen LogP contribution in [0, 0.1) is 0 Å². The number of para-hydroxylation sites is 1. The SMILES string of the molecule is CCOc1nc2cccc(C(=O)OC(C)OC(=O)OC3CCCCC3)c2n1Cc1ccc(-c2ccccc2-c2nn[nH]n2)cc1.[HH]. The number of carbonyl (C=O) groups excluding carboxylic acids is 2. The van der Waals surface area contributed by atoms with Gasteiger partial charge in [0.25, 0.3) is 6.01 Å². The van der Waals surface area contributed by atoms with Crippen molar-refractivity contribution in [2.45, 2.75) is 64.9 Å². The van der Waals surface area contributed by atoms with Crippen molar-refractivity contribution in [1.82, 2.24) is 30.2 Å². The lowest BCUT2D eigenvalue weighted by molar-refractivity contribution is -0.0914. The number of nitrogens with zero attached hydrogens (tertiary/aromatic N) is 5. The predicted octanol–water partition coefficient (Wildman–Crippen LogP) is 6.57. The zero-order chi connectivity index (χ0) is 31.2. The number of imidazole rings is 1. The van der Waals surface area contributed by atoms with Crippen LogP contribution < -0.4 is 4.74 Å². The maximum atomic E-state index is 13.4. The van der Waals surface area contributed by atoms with Crippen molar-refractivity contribution in [3.63, 3.8) is 0 Å². The van der Waals surface area contributed by atoms with Gasteiger partial charge >= 0.3 is 12.1 Å². The van der Waals surface area contributed by atoms with E-state index in [1.54, 1.807) is 12.1 Å². The first-order valence-corrected chi connectivity index (χ1v) is 15.1. The average molecular weight is 613 g/mol. The molecule has 1 saturated carbocycles. The molecule has 1 aliphatic rings. The molecule has 2 aromatic heterocycles. The minimum Gasteiger partial charge on any atom is -0.465 e. The van der Waals surface area contributed by atoms with E-state index in [2.05, 4.69) is 25.6 Å². The molecule has 0 bridgehead atoms. The summed E-state index contributed by atoms with van der Waals surface area (Å²) < 4.78 is 23.9. The summed E-state index contributed by atoms with van der Waals surface area (Å²) in [7, 11) is 0. The van der Waals surface area contributed by atoms with E-state index in [9.17, 15) is 9.59 Å². The first kappa shape index (κ1) is 29.8. The maximum Gasteiger partial charge on any atom is 0.511 e. The third kappa shape index (κ3) is 6.79. The molecule has 1 unspecified atom stereocenters. The molecule has 0 spiro atoms. The number of aromatic nitrogens is 6. The number of carbonyl (C=O) groups is 2. The minimum absolute atomic E-state index is 0. The fourth-order valence-corrected chi connectivity index (χ4v) is 5.61. The molecule has 3 aromatic carbocycles. The van der Waals surface area contributed by atoms with Crippen LogP contribution in [0.4, 0.5) is 4.79 Å². The maximum absolute atomic E-state index is 13.4. The Morgan fingerprint density at radius 3 is 2.49 bits per heavy atom. The molecule has 2 heterocycles. The van der Waals surface area contributed by atoms with Gasteiger partial charge in [0, 0.05) is 13.9 Å². The lowest BCUT2D eigenvalue weighted by atomic mass is 9.98. The summed E-state index contributed by atoms with van der Waals surface area (Å²) in [5, 5.41) is 14.5. The highest BCUT2D eigenvalue weighted by atomic mass is 16.8. The Morgan fingerprint density at radius 1 is 0.978 bits per heavy atom. The Morgan fingerprint density at radius 2 is 1.76 bits per heavy atom. The van der Waals surface area contributed by atoms with Crippen LogP contribution >= 0.6 is 0 Å². The monoisotopic (exact) mass is 612 g/mol. The third-order valence-corrected chi connectivity index (χ3v) is 7.69. The second-order valence-electron chi connectivity index (χ2n) is 10.8. The highest BCUT2D eigenvalue weighted by Gasteiger charge is 2.25. The van der Waals surface area contributed by atoms with Gasteiger partial charge in [-0.05, 0) is 66.6 Å². The van der Waals surface area contributed by atoms with Crippen LogP contribution in [0.2, 0.25) is 0 Å². The van der Waals surface area contributed by atoms with Crippen molar-refractivity contribution in [2.24, 2.45) is 0 Å². The number of rotatable bonds is 10. The van der Waals surface area contributed by atoms with E-state index in [1.165, 1.54) is 6.92 Å². The number of ether oxygens (including phenoxy) is 4. The second-order valence-corrected chi connectivity index (χ2v) is 10.8. The van der Waals surface area contributed by atoms with Crippen molar-refractivity contribution < 1.29 is 30.0 Å². The van der Waals surface area contributed by atoms with Gasteiger partial charge in [-0.15, -0.1) is 10.2 Å². The highest BCUT2D eigenvalue weighted by molar-refractivity contribution is 6.02. The number of benzene rings is 3. The van der Waals surface area contributed by atoms with Gasteiger partial charge in [0.2, 0.25) is 12.1 Å². The largest absolute Gasteiger partial charge is 0.511 e. The number of fused-ring (bicyclic) bond motifs is 1. The summed E-state index contributed by atoms with van der Waals surface area (Å²) >= 11 is 0. The molecule has 12 nitrogen and oxygen atoms in total. The zero-order valence-electron chi connectivity index (χ0n) is 25.1. The second kappa shape index (κ2) is 13.6. The van der Waals surface area contributed by atoms with Crippen LogP contribution in [0.1, 0.15) is 63.3 Å². The Bertz CT molecular complexity index is 1770. The first-order chi connectivity index (χ1) is 22.0. The molecule has 0 amide bonds. The van der Waals surface area contributed by atoms with E-state index in [0.29, 0.717) is 36.0 Å². The number of H-pyrrole nitrogens is 1. The van der Waals surface area contributed by atoms with Gasteiger partial charge in [0.15, 0.2) is 0 Å². The Balaban J connectivity index is 0.00000417. The number of aromatic amines is 1. The topological polar surface area (TPSA) is 143 Å². The summed E-state index contributed by atoms with van der Waals surface area (Å²) in [6.07, 6.45) is 2.65. The van der Waals surface area contributed by atoms with Gasteiger partial charge in [0.05, 0.1) is 29.7 Å². The molecular weight excluding hydrogens is 576 g/mol. The lowest BCUT2D eigenvalue weighted by Crippen LogP contribution is -2.26. The fraction of sp³-hybridized carbons (Fsp3) is 0.333. The van der Waals surface area contributed by atoms with Crippen molar-refractivity contribution in [3.8, 4) is 28.5 Å². The summed E-state index contributed by atoms with van der Waals surface area (Å²) in [6.45, 7) is 4.13. The summed E-state index contributed by atoms with van der Waals surface area (Å²) in [4.78, 5) is 30.3.